The maximum Gasteiger partial charge on any atom is 0.0793 e. The van der Waals surface area contributed by atoms with Crippen LogP contribution in [-0.4, -0.2) is 15.0 Å². The van der Waals surface area contributed by atoms with Gasteiger partial charge in [-0.25, -0.2) is 0 Å². The number of thiophene rings is 1. The molecular weight excluding hydrogens is 422 g/mol. The summed E-state index contributed by atoms with van der Waals surface area (Å²) in [6, 6.07) is 23.2. The third-order valence-electron chi connectivity index (χ3n) is 6.27. The molecular formula is C29H17N3S. The number of hydrogen-bond donors (Lipinski definition) is 0. The first-order valence-electron chi connectivity index (χ1n) is 10.9. The number of aromatic nitrogens is 3. The van der Waals surface area contributed by atoms with E-state index in [1.54, 1.807) is 0 Å². The molecule has 0 N–H and O–H groups in total. The molecule has 0 atom stereocenters. The standard InChI is InChI=1S/C29H17N3S/c1-2-14-31-23(7-1)20-13-16-30-17-19(20)10-9-18-11-12-25-28-26(18)29-22(6-4-15-32-29)21-5-3-8-24(33-25)27(21)28/h1-17H/b10-9+. The molecule has 0 unspecified atom stereocenters. The van der Waals surface area contributed by atoms with E-state index in [9.17, 15) is 0 Å². The number of nitrogens with zero attached hydrogens (tertiary/aromatic N) is 3. The minimum atomic E-state index is 0.942. The molecule has 4 aromatic heterocycles. The van der Waals surface area contributed by atoms with Crippen molar-refractivity contribution in [2.24, 2.45) is 0 Å². The molecule has 4 heteroatoms. The molecule has 0 spiro atoms. The molecule has 0 aliphatic carbocycles. The highest BCUT2D eigenvalue weighted by molar-refractivity contribution is 7.26. The monoisotopic (exact) mass is 439 g/mol. The van der Waals surface area contributed by atoms with Gasteiger partial charge in [0.1, 0.15) is 0 Å². The maximum atomic E-state index is 4.84. The van der Waals surface area contributed by atoms with Crippen molar-refractivity contribution >= 4 is 65.3 Å². The normalized spacial score (nSPS) is 12.1. The Labute approximate surface area is 194 Å². The molecule has 4 heterocycles. The van der Waals surface area contributed by atoms with E-state index in [-0.39, 0.29) is 0 Å². The van der Waals surface area contributed by atoms with Gasteiger partial charge in [-0.3, -0.25) is 15.0 Å². The van der Waals surface area contributed by atoms with Crippen molar-refractivity contribution < 1.29 is 0 Å². The minimum Gasteiger partial charge on any atom is -0.264 e. The van der Waals surface area contributed by atoms with E-state index in [1.165, 1.54) is 36.3 Å². The Morgan fingerprint density at radius 2 is 1.48 bits per heavy atom. The molecule has 0 saturated heterocycles. The molecule has 7 aromatic rings. The van der Waals surface area contributed by atoms with E-state index >= 15 is 0 Å². The summed E-state index contributed by atoms with van der Waals surface area (Å²) in [7, 11) is 0. The first-order chi connectivity index (χ1) is 16.4. The minimum absolute atomic E-state index is 0.942. The second-order valence-electron chi connectivity index (χ2n) is 8.09. The van der Waals surface area contributed by atoms with Crippen molar-refractivity contribution in [3.05, 3.63) is 103 Å². The van der Waals surface area contributed by atoms with E-state index in [1.807, 2.05) is 66.5 Å². The van der Waals surface area contributed by atoms with Crippen LogP contribution in [0.25, 0.3) is 65.3 Å². The zero-order chi connectivity index (χ0) is 21.8. The van der Waals surface area contributed by atoms with Gasteiger partial charge in [-0.15, -0.1) is 11.3 Å². The van der Waals surface area contributed by atoms with Crippen molar-refractivity contribution in [1.82, 2.24) is 15.0 Å². The zero-order valence-corrected chi connectivity index (χ0v) is 18.4. The maximum absolute atomic E-state index is 4.84. The second kappa shape index (κ2) is 7.19. The van der Waals surface area contributed by atoms with Crippen LogP contribution in [0.5, 0.6) is 0 Å². The Kier molecular flexibility index (Phi) is 4.01. The third kappa shape index (κ3) is 2.78. The van der Waals surface area contributed by atoms with Crippen LogP contribution in [0.2, 0.25) is 0 Å². The Hall–Kier alpha value is -4.15. The van der Waals surface area contributed by atoms with Crippen molar-refractivity contribution in [3.8, 4) is 11.3 Å². The Balaban J connectivity index is 1.50. The summed E-state index contributed by atoms with van der Waals surface area (Å²) in [6.07, 6.45) is 11.8. The highest BCUT2D eigenvalue weighted by atomic mass is 32.1. The van der Waals surface area contributed by atoms with Crippen LogP contribution >= 0.6 is 11.3 Å². The lowest BCUT2D eigenvalue weighted by atomic mass is 9.94. The number of rotatable bonds is 3. The van der Waals surface area contributed by atoms with E-state index in [2.05, 4.69) is 58.5 Å². The third-order valence-corrected chi connectivity index (χ3v) is 7.39. The van der Waals surface area contributed by atoms with Gasteiger partial charge in [-0.1, -0.05) is 42.5 Å². The molecule has 33 heavy (non-hydrogen) atoms. The van der Waals surface area contributed by atoms with E-state index in [4.69, 9.17) is 4.98 Å². The number of pyridine rings is 3. The Bertz CT molecular complexity index is 1820. The van der Waals surface area contributed by atoms with Crippen LogP contribution in [-0.2, 0) is 0 Å². The lowest BCUT2D eigenvalue weighted by Gasteiger charge is -2.11. The van der Waals surface area contributed by atoms with Gasteiger partial charge >= 0.3 is 0 Å². The van der Waals surface area contributed by atoms with Gasteiger partial charge in [-0.2, -0.15) is 0 Å². The van der Waals surface area contributed by atoms with Crippen LogP contribution in [0.1, 0.15) is 11.1 Å². The molecule has 7 rings (SSSR count). The predicted octanol–water partition coefficient (Wildman–Crippen LogP) is 7.82. The first kappa shape index (κ1) is 18.4. The summed E-state index contributed by atoms with van der Waals surface area (Å²) in [6.45, 7) is 0. The fourth-order valence-corrected chi connectivity index (χ4v) is 5.98. The average Bonchev–Trinajstić information content (AvgIpc) is 3.27. The predicted molar refractivity (Wildman–Crippen MR) is 140 cm³/mol. The quantitative estimate of drug-likeness (QED) is 0.263. The van der Waals surface area contributed by atoms with Gasteiger partial charge in [0, 0.05) is 66.9 Å². The zero-order valence-electron chi connectivity index (χ0n) is 17.6. The molecule has 3 aromatic carbocycles. The van der Waals surface area contributed by atoms with Gasteiger partial charge in [0.2, 0.25) is 0 Å². The summed E-state index contributed by atoms with van der Waals surface area (Å²) in [5.41, 5.74) is 5.26. The summed E-state index contributed by atoms with van der Waals surface area (Å²) in [5, 5.41) is 6.35. The molecule has 0 aliphatic heterocycles. The molecule has 0 fully saturated rings. The summed E-state index contributed by atoms with van der Waals surface area (Å²) in [4.78, 5) is 13.7. The van der Waals surface area contributed by atoms with Crippen molar-refractivity contribution in [1.29, 1.82) is 0 Å². The summed E-state index contributed by atoms with van der Waals surface area (Å²) in [5.74, 6) is 0. The number of hydrogen-bond acceptors (Lipinski definition) is 4. The van der Waals surface area contributed by atoms with Crippen LogP contribution in [0.4, 0.5) is 0 Å². The fourth-order valence-electron chi connectivity index (χ4n) is 4.84. The van der Waals surface area contributed by atoms with Gasteiger partial charge in [0.25, 0.3) is 0 Å². The largest absolute Gasteiger partial charge is 0.264 e. The van der Waals surface area contributed by atoms with Gasteiger partial charge in [0.15, 0.2) is 0 Å². The smallest absolute Gasteiger partial charge is 0.0793 e. The van der Waals surface area contributed by atoms with Crippen molar-refractivity contribution in [2.75, 3.05) is 0 Å². The van der Waals surface area contributed by atoms with Gasteiger partial charge < -0.3 is 0 Å². The highest BCUT2D eigenvalue weighted by Gasteiger charge is 2.17. The van der Waals surface area contributed by atoms with E-state index in [0.29, 0.717) is 0 Å². The molecule has 0 saturated carbocycles. The lowest BCUT2D eigenvalue weighted by molar-refractivity contribution is 1.28. The average molecular weight is 440 g/mol. The van der Waals surface area contributed by atoms with Crippen molar-refractivity contribution in [3.63, 3.8) is 0 Å². The van der Waals surface area contributed by atoms with Gasteiger partial charge in [-0.05, 0) is 47.3 Å². The Morgan fingerprint density at radius 1 is 0.606 bits per heavy atom. The lowest BCUT2D eigenvalue weighted by Crippen LogP contribution is -1.89. The molecule has 3 nitrogen and oxygen atoms in total. The van der Waals surface area contributed by atoms with E-state index in [0.717, 1.165) is 27.9 Å². The number of fused-ring (bicyclic) bond motifs is 3. The van der Waals surface area contributed by atoms with Crippen molar-refractivity contribution in [2.45, 2.75) is 0 Å². The Morgan fingerprint density at radius 3 is 2.42 bits per heavy atom. The molecule has 0 bridgehead atoms. The van der Waals surface area contributed by atoms with Crippen LogP contribution < -0.4 is 0 Å². The molecule has 0 amide bonds. The topological polar surface area (TPSA) is 38.7 Å². The molecule has 0 aliphatic rings. The van der Waals surface area contributed by atoms with E-state index < -0.39 is 0 Å². The summed E-state index contributed by atoms with van der Waals surface area (Å²) < 4.78 is 2.63. The van der Waals surface area contributed by atoms with Gasteiger partial charge in [0.05, 0.1) is 11.2 Å². The van der Waals surface area contributed by atoms with Crippen LogP contribution in [0, 0.1) is 0 Å². The molecule has 154 valence electrons. The second-order valence-corrected chi connectivity index (χ2v) is 9.18. The van der Waals surface area contributed by atoms with Crippen LogP contribution in [0.3, 0.4) is 0 Å². The highest BCUT2D eigenvalue weighted by Crippen LogP contribution is 2.45. The first-order valence-corrected chi connectivity index (χ1v) is 11.7. The summed E-state index contributed by atoms with van der Waals surface area (Å²) >= 11 is 1.85. The fraction of sp³-hybridized carbons (Fsp3) is 0. The van der Waals surface area contributed by atoms with Crippen LogP contribution in [0.15, 0.2) is 91.5 Å². The number of benzene rings is 3. The molecule has 0 radical (unpaired) electrons. The SMILES string of the molecule is C(=C\c1ccc2sc3cccc4c5cccnc5c1c2c34)/c1cnccc1-c1ccccn1.